The molecule has 196 valence electrons. The number of alkyl halides is 3. The van der Waals surface area contributed by atoms with Gasteiger partial charge < -0.3 is 9.64 Å². The number of rotatable bonds is 5. The van der Waals surface area contributed by atoms with Crippen LogP contribution in [0.25, 0.3) is 11.3 Å². The predicted octanol–water partition coefficient (Wildman–Crippen LogP) is 5.41. The molecular weight excluding hydrogens is 485 g/mol. The number of aromatic nitrogens is 5. The fraction of sp³-hybridized carbons (Fsp3) is 0.538. The Morgan fingerprint density at radius 2 is 1.76 bits per heavy atom. The average Bonchev–Trinajstić information content (AvgIpc) is 3.65. The molecule has 1 aromatic carbocycles. The first kappa shape index (κ1) is 24.0. The molecule has 1 amide bonds. The van der Waals surface area contributed by atoms with Gasteiger partial charge >= 0.3 is 6.36 Å². The lowest BCUT2D eigenvalue weighted by Gasteiger charge is -2.38. The van der Waals surface area contributed by atoms with Gasteiger partial charge in [-0.25, -0.2) is 4.68 Å². The molecule has 0 radical (unpaired) electrons. The molecule has 1 N–H and O–H groups in total. The first-order valence-electron chi connectivity index (χ1n) is 12.9. The van der Waals surface area contributed by atoms with Crippen molar-refractivity contribution in [1.29, 1.82) is 0 Å². The van der Waals surface area contributed by atoms with Gasteiger partial charge in [-0.15, -0.1) is 18.3 Å². The zero-order chi connectivity index (χ0) is 25.8. The molecule has 2 aromatic heterocycles. The van der Waals surface area contributed by atoms with Crippen LogP contribution in [0.15, 0.2) is 36.5 Å². The van der Waals surface area contributed by atoms with Crippen molar-refractivity contribution in [3.63, 3.8) is 0 Å². The van der Waals surface area contributed by atoms with Gasteiger partial charge in [0.2, 0.25) is 0 Å². The molecule has 2 aliphatic heterocycles. The van der Waals surface area contributed by atoms with E-state index in [0.29, 0.717) is 17.0 Å². The highest BCUT2D eigenvalue weighted by atomic mass is 19.4. The Hall–Kier alpha value is -3.37. The first-order chi connectivity index (χ1) is 17.7. The van der Waals surface area contributed by atoms with E-state index in [4.69, 9.17) is 0 Å². The van der Waals surface area contributed by atoms with Crippen LogP contribution < -0.4 is 4.74 Å². The normalized spacial score (nSPS) is 25.0. The monoisotopic (exact) mass is 514 g/mol. The second kappa shape index (κ2) is 8.88. The lowest BCUT2D eigenvalue weighted by atomic mass is 9.86. The minimum Gasteiger partial charge on any atom is -0.406 e. The van der Waals surface area contributed by atoms with Gasteiger partial charge in [-0.2, -0.15) is 5.10 Å². The minimum atomic E-state index is -4.75. The topological polar surface area (TPSA) is 88.9 Å². The third-order valence-corrected chi connectivity index (χ3v) is 8.34. The second-order valence-corrected chi connectivity index (χ2v) is 10.8. The summed E-state index contributed by atoms with van der Waals surface area (Å²) in [6.45, 7) is 2.28. The third kappa shape index (κ3) is 4.59. The van der Waals surface area contributed by atoms with Crippen molar-refractivity contribution in [3.8, 4) is 17.0 Å². The summed E-state index contributed by atoms with van der Waals surface area (Å²) in [6.07, 6.45) is 5.74. The van der Waals surface area contributed by atoms with Crippen LogP contribution in [0.2, 0.25) is 0 Å². The highest BCUT2D eigenvalue weighted by Gasteiger charge is 2.45. The Morgan fingerprint density at radius 3 is 2.41 bits per heavy atom. The number of aromatic amines is 1. The summed E-state index contributed by atoms with van der Waals surface area (Å²) in [5, 5.41) is 16.1. The lowest BCUT2D eigenvalue weighted by molar-refractivity contribution is -0.274. The molecular formula is C26H29F3N6O2. The zero-order valence-electron chi connectivity index (χ0n) is 20.5. The lowest BCUT2D eigenvalue weighted by Crippen LogP contribution is -2.47. The van der Waals surface area contributed by atoms with Gasteiger partial charge in [-0.1, -0.05) is 25.0 Å². The van der Waals surface area contributed by atoms with Crippen molar-refractivity contribution >= 4 is 5.91 Å². The van der Waals surface area contributed by atoms with Crippen LogP contribution in [0.5, 0.6) is 5.75 Å². The summed E-state index contributed by atoms with van der Waals surface area (Å²) in [6, 6.07) is 7.55. The van der Waals surface area contributed by atoms with Crippen LogP contribution in [-0.2, 0) is 5.41 Å². The molecule has 2 atom stereocenters. The van der Waals surface area contributed by atoms with Crippen molar-refractivity contribution in [2.75, 3.05) is 0 Å². The first-order valence-corrected chi connectivity index (χ1v) is 12.9. The molecule has 2 saturated heterocycles. The largest absolute Gasteiger partial charge is 0.573 e. The number of hydrogen-bond donors (Lipinski definition) is 1. The fourth-order valence-electron chi connectivity index (χ4n) is 6.38. The quantitative estimate of drug-likeness (QED) is 0.492. The third-order valence-electron chi connectivity index (χ3n) is 8.34. The van der Waals surface area contributed by atoms with Gasteiger partial charge in [0.05, 0.1) is 17.4 Å². The maximum atomic E-state index is 13.5. The maximum absolute atomic E-state index is 13.5. The summed E-state index contributed by atoms with van der Waals surface area (Å²) < 4.78 is 43.2. The Balaban J connectivity index is 1.13. The van der Waals surface area contributed by atoms with Gasteiger partial charge in [0.15, 0.2) is 0 Å². The number of ether oxygens (including phenoxy) is 1. The molecule has 2 unspecified atom stereocenters. The predicted molar refractivity (Wildman–Crippen MR) is 128 cm³/mol. The van der Waals surface area contributed by atoms with Crippen molar-refractivity contribution in [1.82, 2.24) is 30.1 Å². The van der Waals surface area contributed by atoms with Crippen LogP contribution in [0.3, 0.4) is 0 Å². The van der Waals surface area contributed by atoms with Crippen molar-refractivity contribution in [3.05, 3.63) is 47.9 Å². The Kier molecular flexibility index (Phi) is 5.76. The molecule has 0 spiro atoms. The molecule has 6 rings (SSSR count). The van der Waals surface area contributed by atoms with E-state index < -0.39 is 6.36 Å². The van der Waals surface area contributed by atoms with Gasteiger partial charge in [-0.3, -0.25) is 9.89 Å². The van der Waals surface area contributed by atoms with E-state index in [1.165, 1.54) is 37.1 Å². The van der Waals surface area contributed by atoms with Gasteiger partial charge in [0.25, 0.3) is 5.91 Å². The summed E-state index contributed by atoms with van der Waals surface area (Å²) >= 11 is 0. The molecule has 8 nitrogen and oxygen atoms in total. The summed E-state index contributed by atoms with van der Waals surface area (Å²) in [7, 11) is 0. The number of H-pyrrole nitrogens is 1. The van der Waals surface area contributed by atoms with E-state index in [2.05, 4.69) is 38.4 Å². The molecule has 37 heavy (non-hydrogen) atoms. The molecule has 2 bridgehead atoms. The highest BCUT2D eigenvalue weighted by Crippen LogP contribution is 2.43. The molecule has 4 heterocycles. The van der Waals surface area contributed by atoms with Crippen molar-refractivity contribution in [2.24, 2.45) is 0 Å². The van der Waals surface area contributed by atoms with Crippen LogP contribution in [-0.4, -0.2) is 54.4 Å². The molecule has 1 saturated carbocycles. The average molecular weight is 515 g/mol. The standard InChI is InChI=1S/C26H29F3N6O2/c1-25(10-2-3-11-25)23-15-34(33-32-23)19-12-17-6-7-18(13-19)35(17)24(36)22-14-21(30-31-22)16-4-8-20(9-5-16)37-26(27,28)29/h4-5,8-9,14-15,17-19H,2-3,6-7,10-13H2,1H3,(H,30,31). The Morgan fingerprint density at radius 1 is 1.08 bits per heavy atom. The maximum Gasteiger partial charge on any atom is 0.573 e. The number of fused-ring (bicyclic) bond motifs is 2. The number of amides is 1. The van der Waals surface area contributed by atoms with Gasteiger partial charge in [0.1, 0.15) is 11.4 Å². The van der Waals surface area contributed by atoms with E-state index in [9.17, 15) is 18.0 Å². The fourth-order valence-corrected chi connectivity index (χ4v) is 6.38. The van der Waals surface area contributed by atoms with E-state index in [-0.39, 0.29) is 35.2 Å². The van der Waals surface area contributed by atoms with Crippen LogP contribution in [0.1, 0.15) is 80.5 Å². The molecule has 3 fully saturated rings. The molecule has 11 heteroatoms. The minimum absolute atomic E-state index is 0.0977. The molecule has 3 aliphatic rings. The van der Waals surface area contributed by atoms with E-state index in [1.807, 2.05) is 9.58 Å². The number of nitrogens with zero attached hydrogens (tertiary/aromatic N) is 5. The van der Waals surface area contributed by atoms with Crippen LogP contribution in [0, 0.1) is 0 Å². The number of halogens is 3. The van der Waals surface area contributed by atoms with Crippen molar-refractivity contribution < 1.29 is 22.7 Å². The van der Waals surface area contributed by atoms with Crippen molar-refractivity contribution in [2.45, 2.75) is 88.2 Å². The van der Waals surface area contributed by atoms with Gasteiger partial charge in [-0.05, 0) is 68.9 Å². The molecule has 3 aromatic rings. The number of carbonyl (C=O) groups is 1. The summed E-state index contributed by atoms with van der Waals surface area (Å²) in [5.74, 6) is -0.404. The van der Waals surface area contributed by atoms with E-state index in [0.717, 1.165) is 44.2 Å². The zero-order valence-corrected chi connectivity index (χ0v) is 20.5. The van der Waals surface area contributed by atoms with E-state index >= 15 is 0 Å². The number of hydrogen-bond acceptors (Lipinski definition) is 5. The summed E-state index contributed by atoms with van der Waals surface area (Å²) in [5.41, 5.74) is 2.65. The Bertz CT molecular complexity index is 1260. The smallest absolute Gasteiger partial charge is 0.406 e. The Labute approximate surface area is 212 Å². The van der Waals surface area contributed by atoms with E-state index in [1.54, 1.807) is 6.07 Å². The number of nitrogens with one attached hydrogen (secondary N) is 1. The van der Waals surface area contributed by atoms with Crippen LogP contribution >= 0.6 is 0 Å². The summed E-state index contributed by atoms with van der Waals surface area (Å²) in [4.78, 5) is 15.4. The highest BCUT2D eigenvalue weighted by molar-refractivity contribution is 5.94. The number of benzene rings is 1. The van der Waals surface area contributed by atoms with Crippen LogP contribution in [0.4, 0.5) is 13.2 Å². The van der Waals surface area contributed by atoms with Gasteiger partial charge in [0, 0.05) is 29.3 Å². The SMILES string of the molecule is CC1(c2cn(C3CC4CCC(C3)N4C(=O)c3cc(-c4ccc(OC(F)(F)F)cc4)n[nH]3)nn2)CCCC1. The molecule has 1 aliphatic carbocycles. The number of piperidine rings is 1. The number of carbonyl (C=O) groups excluding carboxylic acids is 1. The second-order valence-electron chi connectivity index (χ2n) is 10.8.